The second-order valence-electron chi connectivity index (χ2n) is 32.7. The lowest BCUT2D eigenvalue weighted by Crippen LogP contribution is -2.47. The molecule has 5 fully saturated rings. The van der Waals surface area contributed by atoms with Crippen molar-refractivity contribution in [3.8, 4) is 57.2 Å². The molecule has 0 unspecified atom stereocenters. The van der Waals surface area contributed by atoms with E-state index in [1.54, 1.807) is 97.1 Å². The van der Waals surface area contributed by atoms with Crippen LogP contribution in [0.1, 0.15) is 45.4 Å². The second kappa shape index (κ2) is 43.0. The van der Waals surface area contributed by atoms with Gasteiger partial charge in [0.25, 0.3) is 27.8 Å². The van der Waals surface area contributed by atoms with Gasteiger partial charge in [-0.2, -0.15) is 21.5 Å². The van der Waals surface area contributed by atoms with Gasteiger partial charge in [0.2, 0.25) is 50.1 Å². The molecule has 0 bridgehead atoms. The number of fused-ring (bicyclic) bond motifs is 5. The maximum Gasteiger partial charge on any atom is 0.273 e. The average molecular weight is 2070 g/mol. The lowest BCUT2D eigenvalue weighted by Gasteiger charge is -2.31. The molecule has 20 rings (SSSR count). The molecule has 0 saturated carbocycles. The molecule has 5 aliphatic heterocycles. The quantitative estimate of drug-likeness (QED) is 0.0684. The van der Waals surface area contributed by atoms with Crippen LogP contribution >= 0.6 is 57.7 Å². The Morgan fingerprint density at radius 2 is 0.493 bits per heavy atom. The Kier molecular flexibility index (Phi) is 31.2. The average Bonchev–Trinajstić information content (AvgIpc) is 1.70. The molecule has 0 aliphatic carbocycles. The third-order valence-electron chi connectivity index (χ3n) is 24.2. The number of likely N-dealkylation sites (N-methyl/N-ethyl adjacent to an activating group) is 1. The summed E-state index contributed by atoms with van der Waals surface area (Å²) in [5.41, 5.74) is 1.21. The normalized spacial score (nSPS) is 16.2. The van der Waals surface area contributed by atoms with Crippen LogP contribution in [0.15, 0.2) is 261 Å². The first-order valence-electron chi connectivity index (χ1n) is 44.2. The van der Waals surface area contributed by atoms with E-state index in [-0.39, 0.29) is 52.3 Å². The Bertz CT molecular complexity index is 7580. The summed E-state index contributed by atoms with van der Waals surface area (Å²) in [6.07, 6.45) is 5.17. The third-order valence-corrected chi connectivity index (χ3v) is 39.1. The number of methoxy groups -OCH3 is 5. The summed E-state index contributed by atoms with van der Waals surface area (Å²) in [6.45, 7) is 9.55. The van der Waals surface area contributed by atoms with Gasteiger partial charge in [0, 0.05) is 85.1 Å². The molecule has 10 aromatic carbocycles. The minimum Gasteiger partial charge on any atom is -0.495 e. The monoisotopic (exact) mass is 2070 g/mol. The predicted octanol–water partition coefficient (Wildman–Crippen LogP) is 13.3. The predicted molar refractivity (Wildman–Crippen MR) is 540 cm³/mol. The molecule has 33 nitrogen and oxygen atoms in total. The van der Waals surface area contributed by atoms with Gasteiger partial charge >= 0.3 is 0 Å². The topological polar surface area (TPSA) is 365 Å². The zero-order valence-corrected chi connectivity index (χ0v) is 84.5. The Hall–Kier alpha value is -10.9. The van der Waals surface area contributed by atoms with Crippen LogP contribution in [-0.2, 0) is 59.6 Å². The number of rotatable bonds is 20. The van der Waals surface area contributed by atoms with E-state index in [0.717, 1.165) is 55.6 Å². The minimum atomic E-state index is -3.70. The molecule has 0 radical (unpaired) electrons. The minimum absolute atomic E-state index is 0.129. The van der Waals surface area contributed by atoms with Crippen LogP contribution < -0.4 is 51.5 Å². The van der Waals surface area contributed by atoms with Crippen molar-refractivity contribution < 1.29 is 75.2 Å². The van der Waals surface area contributed by atoms with Crippen molar-refractivity contribution in [1.29, 1.82) is 0 Å². The van der Waals surface area contributed by atoms with E-state index in [1.165, 1.54) is 171 Å². The van der Waals surface area contributed by atoms with Crippen molar-refractivity contribution in [1.82, 2.24) is 46.2 Å². The SMILES string of the molecule is COc1ccc(S(=O)(=O)N2CCC(C)CC2)cc1-n1sc2ccccc2c1=O.COc1ccc(S(=O)(=O)N2CCCCC2)cc1-n1sc2ccccc2c1=O.COc1ccc(S(=O)(=O)N2CCCOCC2)cc1-n1sc2ccccc2c1=O.COc1ccc(S(=O)(=O)N2CCN(C)CC2)cc1-n1sc2ccccc2c1=O.COc1ccc(S(=O)(=O)N2CCOCC2)cc1-n1sc2ccccc2c1=O. The fourth-order valence-electron chi connectivity index (χ4n) is 16.5. The molecule has 0 amide bonds. The van der Waals surface area contributed by atoms with Gasteiger partial charge in [0.05, 0.1) is 130 Å². The van der Waals surface area contributed by atoms with Gasteiger partial charge in [0.15, 0.2) is 0 Å². The van der Waals surface area contributed by atoms with Crippen LogP contribution in [0.3, 0.4) is 0 Å². The number of hydrogen-bond donors (Lipinski definition) is 0. The summed E-state index contributed by atoms with van der Waals surface area (Å²) in [5.74, 6) is 2.78. The lowest BCUT2D eigenvalue weighted by atomic mass is 10.0. The van der Waals surface area contributed by atoms with Crippen molar-refractivity contribution >= 4 is 158 Å². The van der Waals surface area contributed by atoms with Crippen molar-refractivity contribution in [2.75, 3.05) is 148 Å². The highest BCUT2D eigenvalue weighted by Gasteiger charge is 2.35. The molecule has 5 aromatic heterocycles. The van der Waals surface area contributed by atoms with Crippen LogP contribution in [0, 0.1) is 5.92 Å². The molecule has 5 saturated heterocycles. The molecular formula is C95H101N11O22S10. The molecule has 0 atom stereocenters. The van der Waals surface area contributed by atoms with E-state index in [9.17, 15) is 66.1 Å². The van der Waals surface area contributed by atoms with E-state index in [2.05, 4.69) is 11.8 Å². The zero-order chi connectivity index (χ0) is 97.5. The molecule has 15 aromatic rings. The van der Waals surface area contributed by atoms with E-state index in [0.29, 0.717) is 201 Å². The second-order valence-corrected chi connectivity index (χ2v) is 47.4. The van der Waals surface area contributed by atoms with Crippen LogP contribution in [0.4, 0.5) is 0 Å². The van der Waals surface area contributed by atoms with Crippen molar-refractivity contribution in [3.63, 3.8) is 0 Å². The van der Waals surface area contributed by atoms with Crippen LogP contribution in [-0.4, -0.2) is 236 Å². The lowest BCUT2D eigenvalue weighted by molar-refractivity contribution is 0.0730. The van der Waals surface area contributed by atoms with E-state index in [1.807, 2.05) is 85.9 Å². The van der Waals surface area contributed by atoms with E-state index in [4.69, 9.17) is 33.2 Å². The molecule has 10 heterocycles. The Labute approximate surface area is 817 Å². The first-order valence-corrected chi connectivity index (χ1v) is 55.3. The highest BCUT2D eigenvalue weighted by molar-refractivity contribution is 7.90. The van der Waals surface area contributed by atoms with Crippen molar-refractivity contribution in [3.05, 3.63) is 264 Å². The Morgan fingerprint density at radius 3 is 0.754 bits per heavy atom. The fourth-order valence-corrected chi connectivity index (χ4v) is 28.9. The number of aromatic nitrogens is 5. The molecule has 138 heavy (non-hydrogen) atoms. The molecule has 728 valence electrons. The number of piperazine rings is 1. The number of ether oxygens (including phenoxy) is 7. The molecule has 5 aliphatic rings. The first kappa shape index (κ1) is 100. The van der Waals surface area contributed by atoms with Gasteiger partial charge in [-0.1, -0.05) is 132 Å². The summed E-state index contributed by atoms with van der Waals surface area (Å²) < 4.78 is 187. The van der Waals surface area contributed by atoms with Crippen molar-refractivity contribution in [2.45, 2.75) is 69.9 Å². The number of nitrogens with zero attached hydrogens (tertiary/aromatic N) is 11. The van der Waals surface area contributed by atoms with Gasteiger partial charge in [-0.3, -0.25) is 24.0 Å². The highest BCUT2D eigenvalue weighted by atomic mass is 32.2. The van der Waals surface area contributed by atoms with Crippen LogP contribution in [0.2, 0.25) is 0 Å². The number of piperidine rings is 2. The Morgan fingerprint density at radius 1 is 0.268 bits per heavy atom. The number of sulfonamides is 5. The number of hydrogen-bond acceptors (Lipinski definition) is 28. The maximum atomic E-state index is 13.1. The number of morpholine rings is 1. The summed E-state index contributed by atoms with van der Waals surface area (Å²) >= 11 is 6.34. The highest BCUT2D eigenvalue weighted by Crippen LogP contribution is 2.39. The van der Waals surface area contributed by atoms with Gasteiger partial charge < -0.3 is 38.1 Å². The third kappa shape index (κ3) is 20.8. The van der Waals surface area contributed by atoms with Crippen LogP contribution in [0.25, 0.3) is 78.9 Å². The van der Waals surface area contributed by atoms with Gasteiger partial charge in [-0.05, 0) is 197 Å². The summed E-state index contributed by atoms with van der Waals surface area (Å²) in [5, 5.41) is 2.99. The summed E-state index contributed by atoms with van der Waals surface area (Å²) in [6, 6.07) is 59.8. The van der Waals surface area contributed by atoms with Gasteiger partial charge in [-0.15, -0.1) is 0 Å². The number of benzene rings is 10. The molecular weight excluding hydrogens is 1970 g/mol. The van der Waals surface area contributed by atoms with E-state index < -0.39 is 50.1 Å². The molecule has 0 spiro atoms. The van der Waals surface area contributed by atoms with Crippen molar-refractivity contribution in [2.24, 2.45) is 5.92 Å². The van der Waals surface area contributed by atoms with Gasteiger partial charge in [-0.25, -0.2) is 61.9 Å². The summed E-state index contributed by atoms with van der Waals surface area (Å²) in [7, 11) is -8.73. The Balaban J connectivity index is 0.000000125. The standard InChI is InChI=1S/C20H22N2O4S2.C19H21N3O4S2.C19H20N2O5S2.C19H20N2O4S2.C18H18N2O5S2/c1-14-9-11-21(12-10-14)28(24,25)15-7-8-18(26-2)17(13-15)22-20(23)16-5-3-4-6-19(16)27-22;1-20-9-11-21(12-10-20)28(24,25)14-7-8-17(26-2)16(13-14)22-19(23)15-5-3-4-6-18(15)27-22;1-25-17-8-7-14(28(23,24)20-9-4-11-26-12-10-20)13-16(17)21-19(22)15-5-2-3-6-18(15)27-21;1-25-17-10-9-14(27(23,24)20-11-5-2-6-12-20)13-16(17)21-19(22)15-7-3-4-8-18(15)26-21;1-24-16-7-6-13(27(22,23)19-8-10-25-11-9-19)12-15(16)20-18(21)14-4-2-3-5-17(14)26-20/h3-8,13-14H,9-12H2,1-2H3;3-8,13H,9-12H2,1-2H3;2-3,5-8,13H,4,9-12H2,1H3;3-4,7-10,13H,2,5-6,11-12H2,1H3;2-7,12H,8-11H2,1H3. The first-order chi connectivity index (χ1) is 66.4. The fraction of sp³-hybridized carbons (Fsp3) is 0.316. The maximum absolute atomic E-state index is 13.1. The summed E-state index contributed by atoms with van der Waals surface area (Å²) in [4.78, 5) is 67.1. The van der Waals surface area contributed by atoms with E-state index >= 15 is 0 Å². The smallest absolute Gasteiger partial charge is 0.273 e. The zero-order valence-electron chi connectivity index (χ0n) is 76.3. The molecule has 0 N–H and O–H groups in total. The largest absolute Gasteiger partial charge is 0.495 e. The van der Waals surface area contributed by atoms with Gasteiger partial charge in [0.1, 0.15) is 57.2 Å². The molecule has 43 heteroatoms. The van der Waals surface area contributed by atoms with Crippen LogP contribution in [0.5, 0.6) is 28.7 Å².